The number of aromatic nitrogens is 1. The summed E-state index contributed by atoms with van der Waals surface area (Å²) in [5.41, 5.74) is 6.72. The molecule has 0 amide bonds. The molecule has 3 rings (SSSR count). The van der Waals surface area contributed by atoms with Gasteiger partial charge in [-0.2, -0.15) is 5.10 Å². The molecule has 0 aliphatic carbocycles. The van der Waals surface area contributed by atoms with Crippen LogP contribution in [0.15, 0.2) is 72.0 Å². The van der Waals surface area contributed by atoms with E-state index in [0.717, 1.165) is 12.2 Å². The molecule has 132 valence electrons. The minimum absolute atomic E-state index is 0.295. The van der Waals surface area contributed by atoms with Gasteiger partial charge in [0, 0.05) is 18.4 Å². The summed E-state index contributed by atoms with van der Waals surface area (Å²) in [6, 6.07) is 18.5. The SMILES string of the molecule is Cc1ccc(Cn2cccc2C=NNC(=S)Nc2cccc(F)c2)cc1. The monoisotopic (exact) mass is 366 g/mol. The van der Waals surface area contributed by atoms with Crippen LogP contribution in [0.1, 0.15) is 16.8 Å². The van der Waals surface area contributed by atoms with Gasteiger partial charge in [0.05, 0.1) is 11.9 Å². The number of hydrazone groups is 1. The lowest BCUT2D eigenvalue weighted by molar-refractivity contribution is 0.628. The molecule has 1 heterocycles. The van der Waals surface area contributed by atoms with Crippen LogP contribution >= 0.6 is 12.2 Å². The Hall–Kier alpha value is -2.99. The Kier molecular flexibility index (Phi) is 5.76. The van der Waals surface area contributed by atoms with Gasteiger partial charge in [0.25, 0.3) is 0 Å². The van der Waals surface area contributed by atoms with Crippen LogP contribution in [-0.2, 0) is 6.54 Å². The molecular formula is C20H19FN4S. The smallest absolute Gasteiger partial charge is 0.191 e. The van der Waals surface area contributed by atoms with E-state index in [1.54, 1.807) is 18.3 Å². The number of hydrogen-bond donors (Lipinski definition) is 2. The van der Waals surface area contributed by atoms with Crippen LogP contribution in [0.5, 0.6) is 0 Å². The van der Waals surface area contributed by atoms with E-state index >= 15 is 0 Å². The van der Waals surface area contributed by atoms with Crippen LogP contribution in [0, 0.1) is 12.7 Å². The lowest BCUT2D eigenvalue weighted by Gasteiger charge is -2.08. The largest absolute Gasteiger partial charge is 0.342 e. The molecule has 0 fully saturated rings. The Morgan fingerprint density at radius 2 is 1.96 bits per heavy atom. The summed E-state index contributed by atoms with van der Waals surface area (Å²) in [7, 11) is 0. The topological polar surface area (TPSA) is 41.4 Å². The zero-order valence-corrected chi connectivity index (χ0v) is 15.1. The second-order valence-corrected chi connectivity index (χ2v) is 6.29. The van der Waals surface area contributed by atoms with Gasteiger partial charge < -0.3 is 9.88 Å². The maximum atomic E-state index is 13.2. The Morgan fingerprint density at radius 1 is 1.15 bits per heavy atom. The molecule has 2 aromatic carbocycles. The van der Waals surface area contributed by atoms with Crippen molar-refractivity contribution < 1.29 is 4.39 Å². The summed E-state index contributed by atoms with van der Waals surface area (Å²) in [6.07, 6.45) is 3.71. The van der Waals surface area contributed by atoms with Gasteiger partial charge in [-0.15, -0.1) is 0 Å². The average Bonchev–Trinajstić information content (AvgIpc) is 3.04. The van der Waals surface area contributed by atoms with Crippen molar-refractivity contribution in [3.8, 4) is 0 Å². The molecule has 0 aliphatic rings. The molecule has 0 unspecified atom stereocenters. The first-order chi connectivity index (χ1) is 12.6. The van der Waals surface area contributed by atoms with Crippen molar-refractivity contribution in [1.82, 2.24) is 9.99 Å². The van der Waals surface area contributed by atoms with Crippen LogP contribution in [0.2, 0.25) is 0 Å². The van der Waals surface area contributed by atoms with Crippen molar-refractivity contribution in [2.45, 2.75) is 13.5 Å². The first kappa shape index (κ1) is 17.8. The van der Waals surface area contributed by atoms with E-state index in [1.807, 2.05) is 18.3 Å². The third kappa shape index (κ3) is 5.00. The number of aryl methyl sites for hydroxylation is 1. The number of benzene rings is 2. The Labute approximate surface area is 157 Å². The van der Waals surface area contributed by atoms with Gasteiger partial charge in [-0.1, -0.05) is 35.9 Å². The van der Waals surface area contributed by atoms with Crippen molar-refractivity contribution in [3.63, 3.8) is 0 Å². The summed E-state index contributed by atoms with van der Waals surface area (Å²) >= 11 is 5.16. The second kappa shape index (κ2) is 8.40. The van der Waals surface area contributed by atoms with Crippen molar-refractivity contribution in [2.75, 3.05) is 5.32 Å². The average molecular weight is 366 g/mol. The van der Waals surface area contributed by atoms with Crippen LogP contribution in [-0.4, -0.2) is 15.9 Å². The van der Waals surface area contributed by atoms with E-state index in [4.69, 9.17) is 12.2 Å². The van der Waals surface area contributed by atoms with Crippen LogP contribution in [0.4, 0.5) is 10.1 Å². The summed E-state index contributed by atoms with van der Waals surface area (Å²) in [4.78, 5) is 0. The van der Waals surface area contributed by atoms with Gasteiger partial charge >= 0.3 is 0 Å². The molecule has 0 saturated heterocycles. The Morgan fingerprint density at radius 3 is 2.73 bits per heavy atom. The molecule has 0 aliphatic heterocycles. The third-order valence-electron chi connectivity index (χ3n) is 3.78. The van der Waals surface area contributed by atoms with E-state index in [0.29, 0.717) is 10.8 Å². The fourth-order valence-electron chi connectivity index (χ4n) is 2.46. The molecule has 2 N–H and O–H groups in total. The van der Waals surface area contributed by atoms with E-state index < -0.39 is 0 Å². The lowest BCUT2D eigenvalue weighted by Crippen LogP contribution is -2.24. The predicted molar refractivity (Wildman–Crippen MR) is 108 cm³/mol. The first-order valence-electron chi connectivity index (χ1n) is 8.16. The highest BCUT2D eigenvalue weighted by molar-refractivity contribution is 7.80. The number of hydrogen-bond acceptors (Lipinski definition) is 2. The number of thiocarbonyl (C=S) groups is 1. The molecule has 0 spiro atoms. The van der Waals surface area contributed by atoms with E-state index in [2.05, 4.69) is 51.6 Å². The zero-order valence-electron chi connectivity index (χ0n) is 14.3. The minimum Gasteiger partial charge on any atom is -0.342 e. The maximum absolute atomic E-state index is 13.2. The normalized spacial score (nSPS) is 10.8. The highest BCUT2D eigenvalue weighted by Crippen LogP contribution is 2.09. The van der Waals surface area contributed by atoms with Crippen molar-refractivity contribution in [2.24, 2.45) is 5.10 Å². The Balaban J connectivity index is 1.58. The number of nitrogens with zero attached hydrogens (tertiary/aromatic N) is 2. The van der Waals surface area contributed by atoms with Crippen LogP contribution in [0.25, 0.3) is 0 Å². The molecule has 0 radical (unpaired) electrons. The molecular weight excluding hydrogens is 347 g/mol. The molecule has 0 bridgehead atoms. The first-order valence-corrected chi connectivity index (χ1v) is 8.57. The number of halogens is 1. The van der Waals surface area contributed by atoms with Crippen LogP contribution in [0.3, 0.4) is 0 Å². The molecule has 0 saturated carbocycles. The molecule has 6 heteroatoms. The Bertz CT molecular complexity index is 916. The van der Waals surface area contributed by atoms with Gasteiger partial charge in [0.15, 0.2) is 5.11 Å². The van der Waals surface area contributed by atoms with Gasteiger partial charge in [-0.05, 0) is 55.0 Å². The molecule has 3 aromatic rings. The number of anilines is 1. The van der Waals surface area contributed by atoms with Gasteiger partial charge in [0.1, 0.15) is 5.82 Å². The summed E-state index contributed by atoms with van der Waals surface area (Å²) in [5.74, 6) is -0.324. The van der Waals surface area contributed by atoms with Crippen molar-refractivity contribution in [1.29, 1.82) is 0 Å². The molecule has 1 aromatic heterocycles. The summed E-state index contributed by atoms with van der Waals surface area (Å²) in [5, 5.41) is 7.33. The quantitative estimate of drug-likeness (QED) is 0.402. The van der Waals surface area contributed by atoms with Gasteiger partial charge in [-0.25, -0.2) is 4.39 Å². The molecule has 0 atom stereocenters. The third-order valence-corrected chi connectivity index (χ3v) is 3.98. The van der Waals surface area contributed by atoms with E-state index in [9.17, 15) is 4.39 Å². The zero-order chi connectivity index (χ0) is 18.4. The highest BCUT2D eigenvalue weighted by atomic mass is 32.1. The predicted octanol–water partition coefficient (Wildman–Crippen LogP) is 4.30. The van der Waals surface area contributed by atoms with Gasteiger partial charge in [-0.3, -0.25) is 5.43 Å². The molecule has 26 heavy (non-hydrogen) atoms. The highest BCUT2D eigenvalue weighted by Gasteiger charge is 2.01. The fraction of sp³-hybridized carbons (Fsp3) is 0.100. The minimum atomic E-state index is -0.324. The maximum Gasteiger partial charge on any atom is 0.191 e. The summed E-state index contributed by atoms with van der Waals surface area (Å²) < 4.78 is 15.3. The van der Waals surface area contributed by atoms with Crippen molar-refractivity contribution in [3.05, 3.63) is 89.5 Å². The lowest BCUT2D eigenvalue weighted by atomic mass is 10.1. The number of rotatable bonds is 5. The van der Waals surface area contributed by atoms with Crippen LogP contribution < -0.4 is 10.7 Å². The second-order valence-electron chi connectivity index (χ2n) is 5.88. The fourth-order valence-corrected chi connectivity index (χ4v) is 2.63. The van der Waals surface area contributed by atoms with Gasteiger partial charge in [0.2, 0.25) is 0 Å². The summed E-state index contributed by atoms with van der Waals surface area (Å²) in [6.45, 7) is 2.84. The van der Waals surface area contributed by atoms with Crippen molar-refractivity contribution >= 4 is 29.2 Å². The molecule has 4 nitrogen and oxygen atoms in total. The number of nitrogens with one attached hydrogen (secondary N) is 2. The van der Waals surface area contributed by atoms with E-state index in [1.165, 1.54) is 23.3 Å². The standard InChI is InChI=1S/C20H19FN4S/c1-15-7-9-16(10-8-15)14-25-11-3-6-19(25)13-22-24-20(26)23-18-5-2-4-17(21)12-18/h2-13H,14H2,1H3,(H2,23,24,26). The van der Waals surface area contributed by atoms with E-state index in [-0.39, 0.29) is 5.82 Å².